The monoisotopic (exact) mass is 330 g/mol. The van der Waals surface area contributed by atoms with Crippen molar-refractivity contribution in [2.45, 2.75) is 38.0 Å². The van der Waals surface area contributed by atoms with E-state index in [1.54, 1.807) is 14.0 Å². The molecule has 130 valence electrons. The first kappa shape index (κ1) is 16.8. The molecule has 0 N–H and O–H groups in total. The summed E-state index contributed by atoms with van der Waals surface area (Å²) in [6.07, 6.45) is 3.99. The van der Waals surface area contributed by atoms with Crippen molar-refractivity contribution in [3.8, 4) is 5.75 Å². The smallest absolute Gasteiger partial charge is 0.233 e. The molecular formula is C19H26N2O3. The molecule has 5 heteroatoms. The second-order valence-electron chi connectivity index (χ2n) is 6.82. The molecule has 1 saturated heterocycles. The third-order valence-corrected chi connectivity index (χ3v) is 5.52. The molecule has 0 bridgehead atoms. The number of amides is 2. The van der Waals surface area contributed by atoms with Crippen LogP contribution in [0.25, 0.3) is 0 Å². The van der Waals surface area contributed by atoms with E-state index in [2.05, 4.69) is 0 Å². The zero-order valence-electron chi connectivity index (χ0n) is 14.6. The molecule has 0 atom stereocenters. The first-order valence-electron chi connectivity index (χ1n) is 8.76. The minimum atomic E-state index is -0.398. The lowest BCUT2D eigenvalue weighted by molar-refractivity contribution is -0.142. The first-order chi connectivity index (χ1) is 11.6. The van der Waals surface area contributed by atoms with Gasteiger partial charge < -0.3 is 14.5 Å². The summed E-state index contributed by atoms with van der Waals surface area (Å²) in [7, 11) is 1.65. The number of rotatable bonds is 3. The first-order valence-corrected chi connectivity index (χ1v) is 8.76. The average molecular weight is 330 g/mol. The molecule has 1 saturated carbocycles. The number of benzene rings is 1. The summed E-state index contributed by atoms with van der Waals surface area (Å²) >= 11 is 0. The highest BCUT2D eigenvalue weighted by atomic mass is 16.5. The van der Waals surface area contributed by atoms with Gasteiger partial charge in [-0.05, 0) is 30.5 Å². The van der Waals surface area contributed by atoms with Crippen LogP contribution in [0.1, 0.15) is 38.2 Å². The molecule has 1 heterocycles. The number of carbonyl (C=O) groups excluding carboxylic acids is 2. The number of ether oxygens (including phenoxy) is 1. The lowest BCUT2D eigenvalue weighted by Gasteiger charge is -2.40. The van der Waals surface area contributed by atoms with Gasteiger partial charge in [0.25, 0.3) is 0 Å². The molecule has 1 aliphatic heterocycles. The Bertz CT molecular complexity index is 598. The van der Waals surface area contributed by atoms with Gasteiger partial charge in [0.1, 0.15) is 5.75 Å². The van der Waals surface area contributed by atoms with E-state index in [0.29, 0.717) is 26.2 Å². The minimum absolute atomic E-state index is 0.0906. The summed E-state index contributed by atoms with van der Waals surface area (Å²) in [6.45, 7) is 4.14. The highest BCUT2D eigenvalue weighted by molar-refractivity contribution is 5.89. The van der Waals surface area contributed by atoms with Crippen LogP contribution in [-0.4, -0.2) is 54.9 Å². The van der Waals surface area contributed by atoms with Crippen LogP contribution in [0, 0.1) is 0 Å². The van der Waals surface area contributed by atoms with Crippen molar-refractivity contribution in [1.82, 2.24) is 9.80 Å². The highest BCUT2D eigenvalue weighted by Crippen LogP contribution is 2.43. The van der Waals surface area contributed by atoms with Crippen molar-refractivity contribution < 1.29 is 14.3 Å². The molecular weight excluding hydrogens is 304 g/mol. The summed E-state index contributed by atoms with van der Waals surface area (Å²) in [4.78, 5) is 28.6. The van der Waals surface area contributed by atoms with Crippen LogP contribution in [0.4, 0.5) is 0 Å². The van der Waals surface area contributed by atoms with Crippen LogP contribution in [0.15, 0.2) is 24.3 Å². The lowest BCUT2D eigenvalue weighted by Crippen LogP contribution is -2.54. The second kappa shape index (κ2) is 6.83. The zero-order chi connectivity index (χ0) is 17.2. The number of nitrogens with zero attached hydrogens (tertiary/aromatic N) is 2. The Morgan fingerprint density at radius 3 is 2.00 bits per heavy atom. The lowest BCUT2D eigenvalue weighted by atomic mass is 9.77. The maximum absolute atomic E-state index is 13.3. The van der Waals surface area contributed by atoms with Gasteiger partial charge in [-0.25, -0.2) is 0 Å². The largest absolute Gasteiger partial charge is 0.497 e. The quantitative estimate of drug-likeness (QED) is 0.854. The van der Waals surface area contributed by atoms with Crippen LogP contribution < -0.4 is 4.74 Å². The van der Waals surface area contributed by atoms with Crippen LogP contribution in [-0.2, 0) is 15.0 Å². The fourth-order valence-electron chi connectivity index (χ4n) is 4.04. The summed E-state index contributed by atoms with van der Waals surface area (Å²) in [5, 5.41) is 0. The molecule has 2 fully saturated rings. The Hall–Kier alpha value is -2.04. The molecule has 2 aliphatic rings. The number of piperazine rings is 1. The molecule has 1 aliphatic carbocycles. The van der Waals surface area contributed by atoms with E-state index >= 15 is 0 Å². The van der Waals surface area contributed by atoms with E-state index in [0.717, 1.165) is 37.0 Å². The normalized spacial score (nSPS) is 20.1. The van der Waals surface area contributed by atoms with Crippen LogP contribution >= 0.6 is 0 Å². The number of hydrogen-bond donors (Lipinski definition) is 0. The Morgan fingerprint density at radius 1 is 0.958 bits per heavy atom. The summed E-state index contributed by atoms with van der Waals surface area (Å²) in [5.41, 5.74) is 0.699. The average Bonchev–Trinajstić information content (AvgIpc) is 3.12. The van der Waals surface area contributed by atoms with Crippen LogP contribution in [0.2, 0.25) is 0 Å². The van der Waals surface area contributed by atoms with E-state index in [9.17, 15) is 9.59 Å². The maximum Gasteiger partial charge on any atom is 0.233 e. The van der Waals surface area contributed by atoms with Gasteiger partial charge in [0.15, 0.2) is 0 Å². The Balaban J connectivity index is 1.80. The van der Waals surface area contributed by atoms with E-state index in [-0.39, 0.29) is 11.8 Å². The van der Waals surface area contributed by atoms with E-state index in [1.165, 1.54) is 0 Å². The van der Waals surface area contributed by atoms with Crippen molar-refractivity contribution in [3.63, 3.8) is 0 Å². The van der Waals surface area contributed by atoms with Gasteiger partial charge in [-0.2, -0.15) is 0 Å². The molecule has 2 amide bonds. The number of hydrogen-bond acceptors (Lipinski definition) is 3. The van der Waals surface area contributed by atoms with E-state index < -0.39 is 5.41 Å². The Kier molecular flexibility index (Phi) is 4.78. The third-order valence-electron chi connectivity index (χ3n) is 5.52. The van der Waals surface area contributed by atoms with Gasteiger partial charge in [-0.3, -0.25) is 9.59 Å². The maximum atomic E-state index is 13.3. The fraction of sp³-hybridized carbons (Fsp3) is 0.579. The van der Waals surface area contributed by atoms with Crippen molar-refractivity contribution in [1.29, 1.82) is 0 Å². The molecule has 5 nitrogen and oxygen atoms in total. The van der Waals surface area contributed by atoms with Crippen molar-refractivity contribution >= 4 is 11.8 Å². The van der Waals surface area contributed by atoms with Gasteiger partial charge >= 0.3 is 0 Å². The standard InChI is InChI=1S/C19H26N2O3/c1-15(22)20-11-13-21(14-12-20)18(23)19(9-3-4-10-19)16-5-7-17(24-2)8-6-16/h5-8H,3-4,9-14H2,1-2H3. The van der Waals surface area contributed by atoms with Gasteiger partial charge in [-0.15, -0.1) is 0 Å². The highest BCUT2D eigenvalue weighted by Gasteiger charge is 2.45. The number of methoxy groups -OCH3 is 1. The van der Waals surface area contributed by atoms with Crippen molar-refractivity contribution in [2.75, 3.05) is 33.3 Å². The van der Waals surface area contributed by atoms with Gasteiger partial charge in [-0.1, -0.05) is 25.0 Å². The summed E-state index contributed by atoms with van der Waals surface area (Å²) in [5.74, 6) is 1.13. The molecule has 3 rings (SSSR count). The van der Waals surface area contributed by atoms with Gasteiger partial charge in [0.05, 0.1) is 12.5 Å². The van der Waals surface area contributed by atoms with E-state index in [1.807, 2.05) is 34.1 Å². The molecule has 1 aromatic carbocycles. The predicted octanol–water partition coefficient (Wildman–Crippen LogP) is 2.20. The second-order valence-corrected chi connectivity index (χ2v) is 6.82. The molecule has 0 spiro atoms. The SMILES string of the molecule is COc1ccc(C2(C(=O)N3CCN(C(C)=O)CC3)CCCC2)cc1. The third kappa shape index (κ3) is 2.99. The van der Waals surface area contributed by atoms with Gasteiger partial charge in [0, 0.05) is 33.1 Å². The Morgan fingerprint density at radius 2 is 1.50 bits per heavy atom. The summed E-state index contributed by atoms with van der Waals surface area (Å²) < 4.78 is 5.24. The molecule has 24 heavy (non-hydrogen) atoms. The molecule has 1 aromatic rings. The van der Waals surface area contributed by atoms with Crippen molar-refractivity contribution in [2.24, 2.45) is 0 Å². The van der Waals surface area contributed by atoms with Crippen LogP contribution in [0.3, 0.4) is 0 Å². The summed E-state index contributed by atoms with van der Waals surface area (Å²) in [6, 6.07) is 7.95. The molecule has 0 unspecified atom stereocenters. The van der Waals surface area contributed by atoms with E-state index in [4.69, 9.17) is 4.74 Å². The minimum Gasteiger partial charge on any atom is -0.497 e. The Labute approximate surface area is 143 Å². The van der Waals surface area contributed by atoms with Crippen molar-refractivity contribution in [3.05, 3.63) is 29.8 Å². The topological polar surface area (TPSA) is 49.9 Å². The fourth-order valence-corrected chi connectivity index (χ4v) is 4.04. The van der Waals surface area contributed by atoms with Crippen LogP contribution in [0.5, 0.6) is 5.75 Å². The number of carbonyl (C=O) groups is 2. The molecule has 0 aromatic heterocycles. The molecule has 0 radical (unpaired) electrons. The predicted molar refractivity (Wildman–Crippen MR) is 92.0 cm³/mol. The van der Waals surface area contributed by atoms with Gasteiger partial charge in [0.2, 0.25) is 11.8 Å². The zero-order valence-corrected chi connectivity index (χ0v) is 14.6.